The zero-order chi connectivity index (χ0) is 15.5. The Labute approximate surface area is 132 Å². The van der Waals surface area contributed by atoms with E-state index in [1.807, 2.05) is 5.38 Å². The van der Waals surface area contributed by atoms with Crippen molar-refractivity contribution in [3.63, 3.8) is 0 Å². The van der Waals surface area contributed by atoms with Gasteiger partial charge in [0, 0.05) is 23.2 Å². The molecular weight excluding hydrogens is 304 g/mol. The maximum Gasteiger partial charge on any atom is 0.273 e. The van der Waals surface area contributed by atoms with Crippen LogP contribution in [0.1, 0.15) is 10.4 Å². The number of hydrogen-bond donors (Lipinski definition) is 0. The van der Waals surface area contributed by atoms with E-state index in [-0.39, 0.29) is 12.0 Å². The zero-order valence-electron chi connectivity index (χ0n) is 12.3. The average molecular weight is 320 g/mol. The number of methoxy groups -OCH3 is 2. The van der Waals surface area contributed by atoms with Gasteiger partial charge < -0.3 is 19.1 Å². The minimum Gasteiger partial charge on any atom is -0.497 e. The summed E-state index contributed by atoms with van der Waals surface area (Å²) in [7, 11) is 3.12. The Bertz CT molecular complexity index is 631. The van der Waals surface area contributed by atoms with Crippen molar-refractivity contribution in [2.75, 3.05) is 27.3 Å². The molecule has 1 aliphatic rings. The largest absolute Gasteiger partial charge is 0.497 e. The van der Waals surface area contributed by atoms with Gasteiger partial charge in [0.2, 0.25) is 0 Å². The van der Waals surface area contributed by atoms with Crippen LogP contribution >= 0.6 is 11.3 Å². The lowest BCUT2D eigenvalue weighted by Gasteiger charge is -2.38. The van der Waals surface area contributed by atoms with Crippen LogP contribution in [0.15, 0.2) is 29.8 Å². The SMILES string of the molecule is COc1cc(OC)cc(C(=O)N2CC(Oc3nccs3)C2)c1. The highest BCUT2D eigenvalue weighted by atomic mass is 32.1. The van der Waals surface area contributed by atoms with Crippen LogP contribution in [0.4, 0.5) is 0 Å². The number of thiazole rings is 1. The van der Waals surface area contributed by atoms with Gasteiger partial charge in [0.1, 0.15) is 17.6 Å². The molecule has 1 aromatic carbocycles. The predicted molar refractivity (Wildman–Crippen MR) is 82.0 cm³/mol. The van der Waals surface area contributed by atoms with E-state index in [1.165, 1.54) is 11.3 Å². The maximum absolute atomic E-state index is 12.5. The number of carbonyl (C=O) groups is 1. The van der Waals surface area contributed by atoms with Gasteiger partial charge in [-0.2, -0.15) is 0 Å². The highest BCUT2D eigenvalue weighted by Gasteiger charge is 2.33. The maximum atomic E-state index is 12.5. The molecule has 1 aliphatic heterocycles. The van der Waals surface area contributed by atoms with Crippen molar-refractivity contribution in [3.8, 4) is 16.7 Å². The van der Waals surface area contributed by atoms with Crippen LogP contribution in [-0.4, -0.2) is 49.2 Å². The summed E-state index contributed by atoms with van der Waals surface area (Å²) in [6.45, 7) is 1.11. The normalized spacial score (nSPS) is 14.4. The molecular formula is C15H16N2O4S. The van der Waals surface area contributed by atoms with Gasteiger partial charge in [-0.1, -0.05) is 11.3 Å². The van der Waals surface area contributed by atoms with Crippen LogP contribution in [0.2, 0.25) is 0 Å². The number of benzene rings is 1. The molecule has 0 atom stereocenters. The Morgan fingerprint density at radius 2 is 1.91 bits per heavy atom. The summed E-state index contributed by atoms with van der Waals surface area (Å²) in [6, 6.07) is 5.15. The first-order valence-electron chi connectivity index (χ1n) is 6.78. The van der Waals surface area contributed by atoms with Crippen LogP contribution in [0.25, 0.3) is 0 Å². The molecule has 0 bridgehead atoms. The van der Waals surface area contributed by atoms with E-state index in [0.717, 1.165) is 0 Å². The standard InChI is InChI=1S/C15H16N2O4S/c1-19-11-5-10(6-12(7-11)20-2)14(18)17-8-13(9-17)21-15-16-3-4-22-15/h3-7,13H,8-9H2,1-2H3. The molecule has 2 heterocycles. The molecule has 1 amide bonds. The molecule has 0 spiro atoms. The van der Waals surface area contributed by atoms with Crippen LogP contribution in [-0.2, 0) is 0 Å². The number of ether oxygens (including phenoxy) is 3. The molecule has 0 radical (unpaired) electrons. The first-order chi connectivity index (χ1) is 10.7. The van der Waals surface area contributed by atoms with Crippen molar-refractivity contribution in [3.05, 3.63) is 35.3 Å². The van der Waals surface area contributed by atoms with Crippen molar-refractivity contribution in [2.24, 2.45) is 0 Å². The first kappa shape index (κ1) is 14.6. The van der Waals surface area contributed by atoms with Crippen molar-refractivity contribution in [1.82, 2.24) is 9.88 Å². The minimum absolute atomic E-state index is 0.00241. The molecule has 0 N–H and O–H groups in total. The molecule has 0 saturated carbocycles. The summed E-state index contributed by atoms with van der Waals surface area (Å²) in [5, 5.41) is 2.50. The van der Waals surface area contributed by atoms with Crippen molar-refractivity contribution < 1.29 is 19.0 Å². The predicted octanol–water partition coefficient (Wildman–Crippen LogP) is 2.06. The third-order valence-electron chi connectivity index (χ3n) is 3.41. The van der Waals surface area contributed by atoms with Gasteiger partial charge in [-0.3, -0.25) is 4.79 Å². The molecule has 2 aromatic rings. The molecule has 7 heteroatoms. The van der Waals surface area contributed by atoms with Gasteiger partial charge in [0.05, 0.1) is 27.3 Å². The smallest absolute Gasteiger partial charge is 0.273 e. The quantitative estimate of drug-likeness (QED) is 0.844. The molecule has 22 heavy (non-hydrogen) atoms. The van der Waals surface area contributed by atoms with Crippen LogP contribution < -0.4 is 14.2 Å². The zero-order valence-corrected chi connectivity index (χ0v) is 13.1. The molecule has 1 fully saturated rings. The van der Waals surface area contributed by atoms with E-state index < -0.39 is 0 Å². The van der Waals surface area contributed by atoms with Gasteiger partial charge in [-0.15, -0.1) is 0 Å². The van der Waals surface area contributed by atoms with Crippen molar-refractivity contribution >= 4 is 17.2 Å². The van der Waals surface area contributed by atoms with Crippen LogP contribution in [0, 0.1) is 0 Å². The number of carbonyl (C=O) groups excluding carboxylic acids is 1. The number of likely N-dealkylation sites (tertiary alicyclic amines) is 1. The summed E-state index contributed by atoms with van der Waals surface area (Å²) in [5.41, 5.74) is 0.545. The Hall–Kier alpha value is -2.28. The molecule has 116 valence electrons. The molecule has 0 aliphatic carbocycles. The van der Waals surface area contributed by atoms with Gasteiger partial charge in [-0.05, 0) is 12.1 Å². The summed E-state index contributed by atoms with van der Waals surface area (Å²) in [5.74, 6) is 1.13. The highest BCUT2D eigenvalue weighted by Crippen LogP contribution is 2.26. The second-order valence-electron chi connectivity index (χ2n) is 4.85. The second-order valence-corrected chi connectivity index (χ2v) is 5.71. The Morgan fingerprint density at radius 1 is 1.23 bits per heavy atom. The molecule has 1 saturated heterocycles. The minimum atomic E-state index is -0.0591. The molecule has 0 unspecified atom stereocenters. The van der Waals surface area contributed by atoms with E-state index in [0.29, 0.717) is 35.3 Å². The fourth-order valence-electron chi connectivity index (χ4n) is 2.20. The van der Waals surface area contributed by atoms with Gasteiger partial charge in [0.25, 0.3) is 11.1 Å². The third-order valence-corrected chi connectivity index (χ3v) is 4.07. The summed E-state index contributed by atoms with van der Waals surface area (Å²) < 4.78 is 16.0. The monoisotopic (exact) mass is 320 g/mol. The van der Waals surface area contributed by atoms with Crippen molar-refractivity contribution in [2.45, 2.75) is 6.10 Å². The summed E-state index contributed by atoms with van der Waals surface area (Å²) in [4.78, 5) is 18.3. The lowest BCUT2D eigenvalue weighted by molar-refractivity contribution is 0.0176. The number of aromatic nitrogens is 1. The van der Waals surface area contributed by atoms with E-state index in [9.17, 15) is 4.79 Å². The number of hydrogen-bond acceptors (Lipinski definition) is 6. The number of amides is 1. The summed E-state index contributed by atoms with van der Waals surface area (Å²) in [6.07, 6.45) is 1.70. The highest BCUT2D eigenvalue weighted by molar-refractivity contribution is 7.11. The lowest BCUT2D eigenvalue weighted by Crippen LogP contribution is -2.56. The van der Waals surface area contributed by atoms with Crippen LogP contribution in [0.5, 0.6) is 16.7 Å². The van der Waals surface area contributed by atoms with Crippen molar-refractivity contribution in [1.29, 1.82) is 0 Å². The lowest BCUT2D eigenvalue weighted by atomic mass is 10.1. The third kappa shape index (κ3) is 2.99. The fourth-order valence-corrected chi connectivity index (χ4v) is 2.75. The fraction of sp³-hybridized carbons (Fsp3) is 0.333. The summed E-state index contributed by atoms with van der Waals surface area (Å²) >= 11 is 1.45. The number of rotatable bonds is 5. The number of nitrogens with zero attached hydrogens (tertiary/aromatic N) is 2. The average Bonchev–Trinajstić information content (AvgIpc) is 3.02. The van der Waals surface area contributed by atoms with Crippen LogP contribution in [0.3, 0.4) is 0 Å². The Balaban J connectivity index is 1.63. The molecule has 1 aromatic heterocycles. The second kappa shape index (κ2) is 6.23. The molecule has 6 nitrogen and oxygen atoms in total. The van der Waals surface area contributed by atoms with Gasteiger partial charge in [-0.25, -0.2) is 4.98 Å². The van der Waals surface area contributed by atoms with E-state index in [1.54, 1.807) is 43.5 Å². The van der Waals surface area contributed by atoms with Gasteiger partial charge in [0.15, 0.2) is 0 Å². The first-order valence-corrected chi connectivity index (χ1v) is 7.66. The Kier molecular flexibility index (Phi) is 4.15. The topological polar surface area (TPSA) is 60.9 Å². The van der Waals surface area contributed by atoms with E-state index in [2.05, 4.69) is 4.98 Å². The van der Waals surface area contributed by atoms with Gasteiger partial charge >= 0.3 is 0 Å². The Morgan fingerprint density at radius 3 is 2.45 bits per heavy atom. The molecule has 3 rings (SSSR count). The van der Waals surface area contributed by atoms with E-state index >= 15 is 0 Å². The van der Waals surface area contributed by atoms with E-state index in [4.69, 9.17) is 14.2 Å².